The van der Waals surface area contributed by atoms with Crippen LogP contribution >= 0.6 is 20.8 Å². The lowest BCUT2D eigenvalue weighted by molar-refractivity contribution is 2.28. The molecule has 1 aliphatic rings. The van der Waals surface area contributed by atoms with Crippen LogP contribution in [0.5, 0.6) is 0 Å². The molecule has 0 aromatic heterocycles. The summed E-state index contributed by atoms with van der Waals surface area (Å²) in [4.78, 5) is 0. The third kappa shape index (κ3) is 0.470. The highest BCUT2D eigenvalue weighted by Crippen LogP contribution is 2.30. The second kappa shape index (κ2) is 0.734. The first-order valence-electron chi connectivity index (χ1n) is 1.16. The van der Waals surface area contributed by atoms with E-state index in [0.29, 0.717) is 0 Å². The maximum absolute atomic E-state index is 4.66. The summed E-state index contributed by atoms with van der Waals surface area (Å²) in [7, 11) is 1.04. The van der Waals surface area contributed by atoms with Crippen LogP contribution in [0.3, 0.4) is 0 Å². The Labute approximate surface area is 32.4 Å². The van der Waals surface area contributed by atoms with Crippen molar-refractivity contribution >= 4 is 25.4 Å². The monoisotopic (exact) mass is 90.0 g/mol. The SMILES string of the molecule is S=C1CP1. The zero-order chi connectivity index (χ0) is 2.99. The highest BCUT2D eigenvalue weighted by Gasteiger charge is 2.07. The van der Waals surface area contributed by atoms with Crippen LogP contribution in [0.4, 0.5) is 0 Å². The number of hydrogen-bond acceptors (Lipinski definition) is 1. The lowest BCUT2D eigenvalue weighted by Crippen LogP contribution is -1.39. The molecule has 22 valence electrons. The second-order valence-corrected chi connectivity index (χ2v) is 2.94. The lowest BCUT2D eigenvalue weighted by atomic mass is 11.0. The van der Waals surface area contributed by atoms with Crippen LogP contribution in [0.15, 0.2) is 0 Å². The van der Waals surface area contributed by atoms with Gasteiger partial charge >= 0.3 is 0 Å². The van der Waals surface area contributed by atoms with Crippen molar-refractivity contribution in [1.29, 1.82) is 0 Å². The maximum atomic E-state index is 4.66. The van der Waals surface area contributed by atoms with Crippen LogP contribution in [0, 0.1) is 0 Å². The van der Waals surface area contributed by atoms with Gasteiger partial charge in [0, 0.05) is 10.8 Å². The summed E-state index contributed by atoms with van der Waals surface area (Å²) in [5, 5.41) is 0. The average molecular weight is 90.1 g/mol. The Morgan fingerprint density at radius 3 is 2.25 bits per heavy atom. The molecule has 0 radical (unpaired) electrons. The summed E-state index contributed by atoms with van der Waals surface area (Å²) < 4.78 is 1.28. The van der Waals surface area contributed by atoms with E-state index in [-0.39, 0.29) is 0 Å². The van der Waals surface area contributed by atoms with Gasteiger partial charge in [-0.15, -0.1) is 0 Å². The van der Waals surface area contributed by atoms with Crippen molar-refractivity contribution in [1.82, 2.24) is 0 Å². The van der Waals surface area contributed by atoms with E-state index in [9.17, 15) is 0 Å². The maximum Gasteiger partial charge on any atom is 0.0178 e. The van der Waals surface area contributed by atoms with E-state index in [1.165, 1.54) is 10.8 Å². The zero-order valence-electron chi connectivity index (χ0n) is 2.12. The number of hydrogen-bond donors (Lipinski definition) is 0. The number of rotatable bonds is 0. The molecule has 1 atom stereocenters. The summed E-state index contributed by atoms with van der Waals surface area (Å²) in [5.74, 6) is 0. The summed E-state index contributed by atoms with van der Waals surface area (Å²) in [5.41, 5.74) is 0. The van der Waals surface area contributed by atoms with Crippen LogP contribution in [0.25, 0.3) is 0 Å². The summed E-state index contributed by atoms with van der Waals surface area (Å²) in [6.07, 6.45) is 1.25. The summed E-state index contributed by atoms with van der Waals surface area (Å²) in [6, 6.07) is 0. The molecule has 0 aromatic rings. The van der Waals surface area contributed by atoms with Crippen LogP contribution in [0.1, 0.15) is 0 Å². The molecular formula is C2H3PS. The quantitative estimate of drug-likeness (QED) is 0.316. The molecule has 1 saturated heterocycles. The van der Waals surface area contributed by atoms with Crippen molar-refractivity contribution in [2.75, 3.05) is 6.16 Å². The van der Waals surface area contributed by atoms with E-state index in [2.05, 4.69) is 12.2 Å². The van der Waals surface area contributed by atoms with E-state index in [0.717, 1.165) is 8.58 Å². The molecule has 0 saturated carbocycles. The first-order valence-corrected chi connectivity index (χ1v) is 2.78. The highest BCUT2D eigenvalue weighted by molar-refractivity contribution is 8.00. The molecule has 1 unspecified atom stereocenters. The minimum atomic E-state index is 1.04. The Morgan fingerprint density at radius 2 is 2.25 bits per heavy atom. The third-order valence-corrected chi connectivity index (χ3v) is 1.83. The second-order valence-electron chi connectivity index (χ2n) is 0.777. The fraction of sp³-hybridized carbons (Fsp3) is 0.500. The van der Waals surface area contributed by atoms with Crippen molar-refractivity contribution in [2.24, 2.45) is 0 Å². The minimum Gasteiger partial charge on any atom is -0.0843 e. The third-order valence-electron chi connectivity index (χ3n) is 0.321. The van der Waals surface area contributed by atoms with Gasteiger partial charge in [-0.1, -0.05) is 20.8 Å². The highest BCUT2D eigenvalue weighted by atomic mass is 32.1. The fourth-order valence-corrected chi connectivity index (χ4v) is 0.325. The molecule has 0 nitrogen and oxygen atoms in total. The van der Waals surface area contributed by atoms with Gasteiger partial charge in [0.15, 0.2) is 0 Å². The normalized spacial score (nSPS) is 27.5. The van der Waals surface area contributed by atoms with Gasteiger partial charge in [0.25, 0.3) is 0 Å². The zero-order valence-corrected chi connectivity index (χ0v) is 3.93. The molecule has 0 aromatic carbocycles. The molecule has 0 bridgehead atoms. The fourth-order valence-electron chi connectivity index (χ4n) is 0.0361. The predicted molar refractivity (Wildman–Crippen MR) is 25.8 cm³/mol. The van der Waals surface area contributed by atoms with E-state index < -0.39 is 0 Å². The van der Waals surface area contributed by atoms with Crippen LogP contribution in [0.2, 0.25) is 0 Å². The Kier molecular flexibility index (Phi) is 0.503. The van der Waals surface area contributed by atoms with Crippen molar-refractivity contribution in [3.63, 3.8) is 0 Å². The minimum absolute atomic E-state index is 1.04. The molecule has 1 fully saturated rings. The van der Waals surface area contributed by atoms with Crippen LogP contribution in [-0.4, -0.2) is 10.8 Å². The Hall–Kier alpha value is 0.520. The van der Waals surface area contributed by atoms with Crippen molar-refractivity contribution < 1.29 is 0 Å². The van der Waals surface area contributed by atoms with Gasteiger partial charge in [0.2, 0.25) is 0 Å². The van der Waals surface area contributed by atoms with Gasteiger partial charge in [-0.3, -0.25) is 0 Å². The first-order chi connectivity index (χ1) is 1.89. The smallest absolute Gasteiger partial charge is 0.0178 e. The summed E-state index contributed by atoms with van der Waals surface area (Å²) in [6.45, 7) is 0. The molecular weight excluding hydrogens is 87.1 g/mol. The van der Waals surface area contributed by atoms with E-state index in [1.54, 1.807) is 0 Å². The van der Waals surface area contributed by atoms with Crippen molar-refractivity contribution in [3.8, 4) is 0 Å². The molecule has 1 heterocycles. The number of thiocarbonyl (C=S) groups is 1. The van der Waals surface area contributed by atoms with E-state index in [1.807, 2.05) is 0 Å². The molecule has 0 aliphatic carbocycles. The van der Waals surface area contributed by atoms with Gasteiger partial charge in [-0.05, 0) is 0 Å². The van der Waals surface area contributed by atoms with Crippen LogP contribution < -0.4 is 0 Å². The summed E-state index contributed by atoms with van der Waals surface area (Å²) >= 11 is 4.66. The van der Waals surface area contributed by atoms with Crippen molar-refractivity contribution in [2.45, 2.75) is 0 Å². The molecule has 4 heavy (non-hydrogen) atoms. The topological polar surface area (TPSA) is 0 Å². The molecule has 0 amide bonds. The first kappa shape index (κ1) is 2.74. The largest absolute Gasteiger partial charge is 0.0843 e. The van der Waals surface area contributed by atoms with Gasteiger partial charge in [0.1, 0.15) is 0 Å². The molecule has 0 spiro atoms. The van der Waals surface area contributed by atoms with E-state index in [4.69, 9.17) is 0 Å². The average Bonchev–Trinajstić information content (AvgIpc) is 1.75. The standard InChI is InChI=1S/C2H3PS/c4-2-1-3-2/h3H,1H2. The van der Waals surface area contributed by atoms with Crippen LogP contribution in [-0.2, 0) is 0 Å². The molecule has 1 rings (SSSR count). The Balaban J connectivity index is 2.60. The predicted octanol–water partition coefficient (Wildman–Crippen LogP) is 1.01. The van der Waals surface area contributed by atoms with Crippen molar-refractivity contribution in [3.05, 3.63) is 0 Å². The van der Waals surface area contributed by atoms with Gasteiger partial charge in [-0.2, -0.15) is 0 Å². The van der Waals surface area contributed by atoms with Gasteiger partial charge in [-0.25, -0.2) is 0 Å². The van der Waals surface area contributed by atoms with Gasteiger partial charge in [0.05, 0.1) is 0 Å². The molecule has 0 N–H and O–H groups in total. The Bertz CT molecular complexity index is 44.0. The molecule has 1 aliphatic heterocycles. The van der Waals surface area contributed by atoms with Gasteiger partial charge < -0.3 is 0 Å². The Morgan fingerprint density at radius 1 is 2.00 bits per heavy atom. The lowest BCUT2D eigenvalue weighted by Gasteiger charge is -1.29. The molecule has 2 heteroatoms. The van der Waals surface area contributed by atoms with E-state index >= 15 is 0 Å².